The van der Waals surface area contributed by atoms with E-state index in [0.29, 0.717) is 13.2 Å². The van der Waals surface area contributed by atoms with Gasteiger partial charge in [0.05, 0.1) is 6.61 Å². The first-order valence-corrected chi connectivity index (χ1v) is 2.63. The lowest BCUT2D eigenvalue weighted by Crippen LogP contribution is -2.39. The summed E-state index contributed by atoms with van der Waals surface area (Å²) in [4.78, 5) is 9.87. The van der Waals surface area contributed by atoms with Crippen LogP contribution < -0.4 is 5.32 Å². The molecule has 8 heavy (non-hydrogen) atoms. The van der Waals surface area contributed by atoms with Gasteiger partial charge in [0.1, 0.15) is 6.10 Å². The van der Waals surface area contributed by atoms with Gasteiger partial charge in [0.15, 0.2) is 0 Å². The third kappa shape index (κ3) is 1.28. The molecular formula is C5H8NO2. The van der Waals surface area contributed by atoms with Gasteiger partial charge in [0.25, 0.3) is 0 Å². The minimum Gasteiger partial charge on any atom is -0.367 e. The maximum atomic E-state index is 9.87. The van der Waals surface area contributed by atoms with Crippen LogP contribution in [0.3, 0.4) is 0 Å². The quantitative estimate of drug-likeness (QED) is 0.479. The number of hydrogen-bond acceptors (Lipinski definition) is 3. The summed E-state index contributed by atoms with van der Waals surface area (Å²) >= 11 is 0. The van der Waals surface area contributed by atoms with E-state index in [1.807, 2.05) is 0 Å². The summed E-state index contributed by atoms with van der Waals surface area (Å²) in [5, 5.41) is 3.00. The lowest BCUT2D eigenvalue weighted by molar-refractivity contribution is 0.0693. The fourth-order valence-electron chi connectivity index (χ4n) is 0.641. The fourth-order valence-corrected chi connectivity index (χ4v) is 0.641. The number of nitrogens with one attached hydrogen (secondary N) is 1. The highest BCUT2D eigenvalue weighted by Gasteiger charge is 2.11. The molecular weight excluding hydrogens is 106 g/mol. The van der Waals surface area contributed by atoms with Crippen molar-refractivity contribution in [1.82, 2.24) is 5.32 Å². The van der Waals surface area contributed by atoms with E-state index in [1.165, 1.54) is 0 Å². The summed E-state index contributed by atoms with van der Waals surface area (Å²) in [5.41, 5.74) is 0. The first kappa shape index (κ1) is 5.72. The second-order valence-corrected chi connectivity index (χ2v) is 1.68. The van der Waals surface area contributed by atoms with Crippen LogP contribution in [0.25, 0.3) is 0 Å². The summed E-state index contributed by atoms with van der Waals surface area (Å²) in [5.74, 6) is 0. The van der Waals surface area contributed by atoms with Gasteiger partial charge >= 0.3 is 0 Å². The summed E-state index contributed by atoms with van der Waals surface area (Å²) < 4.78 is 4.94. The summed E-state index contributed by atoms with van der Waals surface area (Å²) in [6.45, 7) is 2.08. The van der Waals surface area contributed by atoms with Gasteiger partial charge in [0, 0.05) is 13.1 Å². The van der Waals surface area contributed by atoms with Crippen molar-refractivity contribution in [3.05, 3.63) is 0 Å². The standard InChI is InChI=1S/C5H8NO2/c7-4-5-3-6-1-2-8-5/h5-6H,1-3H2. The number of ether oxygens (including phenoxy) is 1. The van der Waals surface area contributed by atoms with E-state index in [-0.39, 0.29) is 6.10 Å². The zero-order valence-electron chi connectivity index (χ0n) is 4.52. The molecule has 3 heteroatoms. The highest BCUT2D eigenvalue weighted by Crippen LogP contribution is 1.89. The predicted molar refractivity (Wildman–Crippen MR) is 28.3 cm³/mol. The molecule has 0 bridgehead atoms. The monoisotopic (exact) mass is 114 g/mol. The average molecular weight is 114 g/mol. The fraction of sp³-hybridized carbons (Fsp3) is 0.800. The van der Waals surface area contributed by atoms with Crippen LogP contribution in [0.4, 0.5) is 0 Å². The lowest BCUT2D eigenvalue weighted by Gasteiger charge is -2.17. The summed E-state index contributed by atoms with van der Waals surface area (Å²) in [6.07, 6.45) is 1.44. The van der Waals surface area contributed by atoms with Crippen molar-refractivity contribution in [3.63, 3.8) is 0 Å². The van der Waals surface area contributed by atoms with Crippen molar-refractivity contribution < 1.29 is 9.53 Å². The van der Waals surface area contributed by atoms with Crippen molar-refractivity contribution in [2.45, 2.75) is 6.10 Å². The number of morpholine rings is 1. The Morgan fingerprint density at radius 1 is 1.75 bits per heavy atom. The molecule has 1 saturated heterocycles. The highest BCUT2D eigenvalue weighted by atomic mass is 16.5. The molecule has 0 aromatic heterocycles. The Morgan fingerprint density at radius 2 is 2.62 bits per heavy atom. The molecule has 45 valence electrons. The first-order chi connectivity index (χ1) is 3.93. The lowest BCUT2D eigenvalue weighted by atomic mass is 10.3. The molecule has 1 aliphatic heterocycles. The van der Waals surface area contributed by atoms with Crippen LogP contribution in [0.5, 0.6) is 0 Å². The molecule has 1 N–H and O–H groups in total. The van der Waals surface area contributed by atoms with Gasteiger partial charge in [-0.2, -0.15) is 0 Å². The van der Waals surface area contributed by atoms with Crippen LogP contribution in [0.15, 0.2) is 0 Å². The molecule has 1 rings (SSSR count). The minimum atomic E-state index is -0.330. The van der Waals surface area contributed by atoms with E-state index in [9.17, 15) is 4.79 Å². The van der Waals surface area contributed by atoms with Crippen LogP contribution >= 0.6 is 0 Å². The van der Waals surface area contributed by atoms with E-state index < -0.39 is 0 Å². The molecule has 3 nitrogen and oxygen atoms in total. The van der Waals surface area contributed by atoms with Crippen LogP contribution in [-0.4, -0.2) is 32.1 Å². The van der Waals surface area contributed by atoms with Gasteiger partial charge in [-0.05, 0) is 0 Å². The van der Waals surface area contributed by atoms with Gasteiger partial charge in [-0.25, -0.2) is 0 Å². The van der Waals surface area contributed by atoms with E-state index >= 15 is 0 Å². The van der Waals surface area contributed by atoms with Crippen LogP contribution in [0, 0.1) is 0 Å². The van der Waals surface area contributed by atoms with Crippen molar-refractivity contribution in [3.8, 4) is 0 Å². The van der Waals surface area contributed by atoms with E-state index in [2.05, 4.69) is 5.32 Å². The average Bonchev–Trinajstić information content (AvgIpc) is 1.90. The normalized spacial score (nSPS) is 29.8. The molecule has 0 aliphatic carbocycles. The number of hydrogen-bond donors (Lipinski definition) is 1. The first-order valence-electron chi connectivity index (χ1n) is 2.63. The van der Waals surface area contributed by atoms with Crippen molar-refractivity contribution in [2.24, 2.45) is 0 Å². The Labute approximate surface area is 48.0 Å². The Hall–Kier alpha value is -0.410. The predicted octanol–water partition coefficient (Wildman–Crippen LogP) is -0.916. The third-order valence-corrected chi connectivity index (χ3v) is 1.06. The Morgan fingerprint density at radius 3 is 3.00 bits per heavy atom. The van der Waals surface area contributed by atoms with E-state index in [4.69, 9.17) is 4.74 Å². The van der Waals surface area contributed by atoms with E-state index in [0.717, 1.165) is 6.54 Å². The minimum absolute atomic E-state index is 0.330. The zero-order chi connectivity index (χ0) is 5.82. The molecule has 1 fully saturated rings. The van der Waals surface area contributed by atoms with Crippen LogP contribution in [-0.2, 0) is 9.53 Å². The van der Waals surface area contributed by atoms with Gasteiger partial charge in [0.2, 0.25) is 6.29 Å². The Kier molecular flexibility index (Phi) is 2.00. The third-order valence-electron chi connectivity index (χ3n) is 1.06. The molecule has 0 saturated carbocycles. The van der Waals surface area contributed by atoms with Gasteiger partial charge in [-0.15, -0.1) is 0 Å². The Balaban J connectivity index is 2.22. The molecule has 0 spiro atoms. The highest BCUT2D eigenvalue weighted by molar-refractivity contribution is 5.57. The summed E-state index contributed by atoms with van der Waals surface area (Å²) in [7, 11) is 0. The largest absolute Gasteiger partial charge is 0.367 e. The molecule has 0 aromatic rings. The topological polar surface area (TPSA) is 38.3 Å². The molecule has 1 radical (unpaired) electrons. The van der Waals surface area contributed by atoms with Crippen LogP contribution in [0.2, 0.25) is 0 Å². The number of rotatable bonds is 1. The molecule has 1 aliphatic rings. The molecule has 1 atom stereocenters. The SMILES string of the molecule is O=[C]C1CNCCO1. The van der Waals surface area contributed by atoms with Gasteiger partial charge in [-0.3, -0.25) is 4.79 Å². The second kappa shape index (κ2) is 2.79. The maximum absolute atomic E-state index is 9.87. The van der Waals surface area contributed by atoms with Crippen molar-refractivity contribution in [1.29, 1.82) is 0 Å². The smallest absolute Gasteiger partial charge is 0.231 e. The number of carbonyl (C=O) groups excluding carboxylic acids is 1. The molecule has 0 amide bonds. The van der Waals surface area contributed by atoms with E-state index in [1.54, 1.807) is 6.29 Å². The van der Waals surface area contributed by atoms with Gasteiger partial charge < -0.3 is 10.1 Å². The second-order valence-electron chi connectivity index (χ2n) is 1.68. The van der Waals surface area contributed by atoms with Crippen molar-refractivity contribution in [2.75, 3.05) is 19.7 Å². The maximum Gasteiger partial charge on any atom is 0.231 e. The molecule has 1 heterocycles. The summed E-state index contributed by atoms with van der Waals surface area (Å²) in [6, 6.07) is 0. The van der Waals surface area contributed by atoms with Crippen LogP contribution in [0.1, 0.15) is 0 Å². The Bertz CT molecular complexity index is 78.5. The molecule has 1 unspecified atom stereocenters. The van der Waals surface area contributed by atoms with Crippen molar-refractivity contribution >= 4 is 6.29 Å². The molecule has 0 aromatic carbocycles. The zero-order valence-corrected chi connectivity index (χ0v) is 4.52. The van der Waals surface area contributed by atoms with Gasteiger partial charge in [-0.1, -0.05) is 0 Å².